The molecule has 1 fully saturated rings. The molecule has 0 aromatic carbocycles. The smallest absolute Gasteiger partial charge is 0.232 e. The average molecular weight is 360 g/mol. The zero-order valence-corrected chi connectivity index (χ0v) is 15.0. The molecule has 1 aliphatic rings. The third-order valence-corrected chi connectivity index (χ3v) is 5.51. The van der Waals surface area contributed by atoms with E-state index in [1.807, 2.05) is 23.8 Å². The van der Waals surface area contributed by atoms with Crippen LogP contribution in [0.15, 0.2) is 21.2 Å². The van der Waals surface area contributed by atoms with Crippen molar-refractivity contribution >= 4 is 33.9 Å². The van der Waals surface area contributed by atoms with Crippen LogP contribution in [-0.2, 0) is 16.6 Å². The molecular formula is C16H16N4O2S2. The molecule has 1 N–H and O–H groups in total. The number of aryl methyl sites for hydroxylation is 1. The molecule has 0 saturated heterocycles. The fourth-order valence-electron chi connectivity index (χ4n) is 2.35. The van der Waals surface area contributed by atoms with Gasteiger partial charge in [-0.15, -0.1) is 0 Å². The van der Waals surface area contributed by atoms with Gasteiger partial charge < -0.3 is 9.73 Å². The maximum absolute atomic E-state index is 12.3. The second-order valence-electron chi connectivity index (χ2n) is 6.24. The Balaban J connectivity index is 1.43. The van der Waals surface area contributed by atoms with Gasteiger partial charge >= 0.3 is 0 Å². The van der Waals surface area contributed by atoms with Crippen molar-refractivity contribution in [2.45, 2.75) is 38.5 Å². The van der Waals surface area contributed by atoms with Crippen molar-refractivity contribution in [1.29, 1.82) is 0 Å². The van der Waals surface area contributed by atoms with E-state index < -0.39 is 0 Å². The van der Waals surface area contributed by atoms with E-state index in [1.165, 1.54) is 11.5 Å². The molecule has 0 unspecified atom stereocenters. The van der Waals surface area contributed by atoms with Crippen LogP contribution in [0.1, 0.15) is 37.0 Å². The molecule has 3 aromatic rings. The lowest BCUT2D eigenvalue weighted by Gasteiger charge is -2.00. The molecule has 24 heavy (non-hydrogen) atoms. The van der Waals surface area contributed by atoms with Gasteiger partial charge in [0.1, 0.15) is 5.76 Å². The minimum Gasteiger partial charge on any atom is -0.441 e. The molecule has 3 heterocycles. The molecule has 0 radical (unpaired) electrons. The summed E-state index contributed by atoms with van der Waals surface area (Å²) in [6, 6.07) is 1.95. The van der Waals surface area contributed by atoms with Crippen LogP contribution in [0.5, 0.6) is 0 Å². The van der Waals surface area contributed by atoms with Crippen molar-refractivity contribution < 1.29 is 9.21 Å². The normalized spacial score (nSPS) is 15.4. The molecule has 124 valence electrons. The van der Waals surface area contributed by atoms with Gasteiger partial charge in [0.2, 0.25) is 16.9 Å². The summed E-state index contributed by atoms with van der Waals surface area (Å²) < 4.78 is 10.0. The third kappa shape index (κ3) is 2.99. The first-order valence-corrected chi connectivity index (χ1v) is 9.38. The van der Waals surface area contributed by atoms with Crippen LogP contribution in [0, 0.1) is 6.92 Å². The number of hydrogen-bond donors (Lipinski definition) is 1. The number of aromatic nitrogens is 3. The number of rotatable bonds is 5. The van der Waals surface area contributed by atoms with Gasteiger partial charge in [-0.3, -0.25) is 4.79 Å². The van der Waals surface area contributed by atoms with Gasteiger partial charge in [0.25, 0.3) is 0 Å². The number of hydrogen-bond acceptors (Lipinski definition) is 7. The van der Waals surface area contributed by atoms with Crippen molar-refractivity contribution in [1.82, 2.24) is 14.3 Å². The molecule has 0 aliphatic heterocycles. The third-order valence-electron chi connectivity index (χ3n) is 4.20. The fraction of sp³-hybridized carbons (Fsp3) is 0.375. The van der Waals surface area contributed by atoms with E-state index in [9.17, 15) is 4.79 Å². The number of carbonyl (C=O) groups is 1. The number of nitrogens with zero attached hydrogens (tertiary/aromatic N) is 3. The summed E-state index contributed by atoms with van der Waals surface area (Å²) in [7, 11) is 0. The van der Waals surface area contributed by atoms with Gasteiger partial charge in [-0.25, -0.2) is 9.97 Å². The van der Waals surface area contributed by atoms with Crippen LogP contribution < -0.4 is 5.32 Å². The number of thiophene rings is 1. The molecule has 6 nitrogen and oxygen atoms in total. The molecule has 4 rings (SSSR count). The first kappa shape index (κ1) is 15.5. The van der Waals surface area contributed by atoms with Gasteiger partial charge in [0.05, 0.1) is 12.1 Å². The van der Waals surface area contributed by atoms with Gasteiger partial charge in [0, 0.05) is 27.9 Å². The highest BCUT2D eigenvalue weighted by Crippen LogP contribution is 2.46. The Kier molecular flexibility index (Phi) is 3.73. The minimum atomic E-state index is -0.160. The van der Waals surface area contributed by atoms with Gasteiger partial charge in [-0.1, -0.05) is 6.92 Å². The van der Waals surface area contributed by atoms with Crippen LogP contribution in [0.2, 0.25) is 0 Å². The second kappa shape index (κ2) is 5.78. The number of nitrogens with one attached hydrogen (secondary N) is 1. The van der Waals surface area contributed by atoms with Gasteiger partial charge in [-0.05, 0) is 31.2 Å². The van der Waals surface area contributed by atoms with E-state index in [2.05, 4.69) is 26.6 Å². The Morgan fingerprint density at radius 3 is 2.96 bits per heavy atom. The summed E-state index contributed by atoms with van der Waals surface area (Å²) in [4.78, 5) is 21.1. The Labute approximate surface area is 147 Å². The average Bonchev–Trinajstić information content (AvgIpc) is 2.98. The molecule has 1 aliphatic carbocycles. The van der Waals surface area contributed by atoms with Crippen molar-refractivity contribution in [3.63, 3.8) is 0 Å². The molecular weight excluding hydrogens is 344 g/mol. The van der Waals surface area contributed by atoms with Crippen molar-refractivity contribution in [2.24, 2.45) is 0 Å². The van der Waals surface area contributed by atoms with E-state index in [1.54, 1.807) is 11.3 Å². The number of oxazole rings is 1. The maximum atomic E-state index is 12.3. The predicted molar refractivity (Wildman–Crippen MR) is 93.4 cm³/mol. The fourth-order valence-corrected chi connectivity index (χ4v) is 3.70. The SMILES string of the molecule is Cc1oc(-c2ccsc2)nc1CC(=O)Nc1nc(C2(C)CC2)ns1. The van der Waals surface area contributed by atoms with Crippen LogP contribution in [0.3, 0.4) is 0 Å². The largest absolute Gasteiger partial charge is 0.441 e. The quantitative estimate of drug-likeness (QED) is 0.748. The van der Waals surface area contributed by atoms with E-state index in [0.717, 1.165) is 24.2 Å². The second-order valence-corrected chi connectivity index (χ2v) is 7.77. The van der Waals surface area contributed by atoms with E-state index in [0.29, 0.717) is 22.5 Å². The lowest BCUT2D eigenvalue weighted by Crippen LogP contribution is -2.15. The maximum Gasteiger partial charge on any atom is 0.232 e. The zero-order chi connectivity index (χ0) is 16.7. The highest BCUT2D eigenvalue weighted by Gasteiger charge is 2.42. The predicted octanol–water partition coefficient (Wildman–Crippen LogP) is 3.80. The Bertz CT molecular complexity index is 878. The van der Waals surface area contributed by atoms with Gasteiger partial charge in [-0.2, -0.15) is 15.7 Å². The van der Waals surface area contributed by atoms with Crippen LogP contribution >= 0.6 is 22.9 Å². The Morgan fingerprint density at radius 2 is 2.25 bits per heavy atom. The Morgan fingerprint density at radius 1 is 1.42 bits per heavy atom. The van der Waals surface area contributed by atoms with E-state index >= 15 is 0 Å². The van der Waals surface area contributed by atoms with Crippen molar-refractivity contribution in [2.75, 3.05) is 5.32 Å². The molecule has 1 amide bonds. The number of carbonyl (C=O) groups excluding carboxylic acids is 1. The number of amides is 1. The first-order chi connectivity index (χ1) is 11.5. The summed E-state index contributed by atoms with van der Waals surface area (Å²) in [5.74, 6) is 1.89. The molecule has 0 bridgehead atoms. The van der Waals surface area contributed by atoms with Crippen LogP contribution in [-0.4, -0.2) is 20.2 Å². The highest BCUT2D eigenvalue weighted by molar-refractivity contribution is 7.09. The molecule has 1 saturated carbocycles. The van der Waals surface area contributed by atoms with Crippen molar-refractivity contribution in [3.05, 3.63) is 34.1 Å². The number of anilines is 1. The summed E-state index contributed by atoms with van der Waals surface area (Å²) in [6.07, 6.45) is 2.38. The topological polar surface area (TPSA) is 80.9 Å². The molecule has 3 aromatic heterocycles. The standard InChI is InChI=1S/C16H16N4O2S2/c1-9-11(17-13(22-9)10-3-6-23-8-10)7-12(21)18-15-19-14(20-24-15)16(2)4-5-16/h3,6,8H,4-5,7H2,1-2H3,(H,18,19,20,21). The van der Waals surface area contributed by atoms with Crippen molar-refractivity contribution in [3.8, 4) is 11.5 Å². The first-order valence-electron chi connectivity index (χ1n) is 7.66. The molecule has 8 heteroatoms. The van der Waals surface area contributed by atoms with Crippen LogP contribution in [0.25, 0.3) is 11.5 Å². The molecule has 0 spiro atoms. The summed E-state index contributed by atoms with van der Waals surface area (Å²) in [6.45, 7) is 3.97. The van der Waals surface area contributed by atoms with E-state index in [-0.39, 0.29) is 17.7 Å². The zero-order valence-electron chi connectivity index (χ0n) is 13.3. The van der Waals surface area contributed by atoms with E-state index in [4.69, 9.17) is 4.42 Å². The lowest BCUT2D eigenvalue weighted by molar-refractivity contribution is -0.115. The monoisotopic (exact) mass is 360 g/mol. The summed E-state index contributed by atoms with van der Waals surface area (Å²) in [5.41, 5.74) is 1.69. The molecule has 0 atom stereocenters. The minimum absolute atomic E-state index is 0.109. The Hall–Kier alpha value is -2.06. The lowest BCUT2D eigenvalue weighted by atomic mass is 10.1. The summed E-state index contributed by atoms with van der Waals surface area (Å²) in [5, 5.41) is 7.29. The van der Waals surface area contributed by atoms with Crippen LogP contribution in [0.4, 0.5) is 5.13 Å². The summed E-state index contributed by atoms with van der Waals surface area (Å²) >= 11 is 2.81. The highest BCUT2D eigenvalue weighted by atomic mass is 32.1. The van der Waals surface area contributed by atoms with Gasteiger partial charge in [0.15, 0.2) is 5.82 Å².